The van der Waals surface area contributed by atoms with Crippen LogP contribution in [-0.2, 0) is 4.79 Å². The van der Waals surface area contributed by atoms with Gasteiger partial charge < -0.3 is 9.47 Å². The summed E-state index contributed by atoms with van der Waals surface area (Å²) >= 11 is 0. The van der Waals surface area contributed by atoms with E-state index in [1.807, 2.05) is 43.3 Å². The Morgan fingerprint density at radius 3 is 2.64 bits per heavy atom. The highest BCUT2D eigenvalue weighted by Crippen LogP contribution is 2.26. The largest absolute Gasteiger partial charge is 0.493 e. The van der Waals surface area contributed by atoms with Crippen LogP contribution < -0.4 is 14.9 Å². The first-order chi connectivity index (χ1) is 13.7. The van der Waals surface area contributed by atoms with Crippen molar-refractivity contribution in [2.75, 3.05) is 13.2 Å². The molecule has 0 aliphatic carbocycles. The molecule has 3 aromatic carbocycles. The third-order valence-electron chi connectivity index (χ3n) is 3.97. The second kappa shape index (κ2) is 9.50. The molecule has 0 bridgehead atoms. The van der Waals surface area contributed by atoms with Crippen LogP contribution in [0.25, 0.3) is 10.8 Å². The number of carbonyl (C=O) groups excluding carboxylic acids is 1. The van der Waals surface area contributed by atoms with Crippen molar-refractivity contribution >= 4 is 22.9 Å². The molecule has 0 spiro atoms. The number of nitrogens with zero attached hydrogens (tertiary/aromatic N) is 1. The molecule has 0 aromatic heterocycles. The van der Waals surface area contributed by atoms with Gasteiger partial charge in [0.05, 0.1) is 12.8 Å². The average Bonchev–Trinajstić information content (AvgIpc) is 2.72. The summed E-state index contributed by atoms with van der Waals surface area (Å²) in [4.78, 5) is 11.9. The van der Waals surface area contributed by atoms with Gasteiger partial charge in [-0.2, -0.15) is 5.10 Å². The zero-order valence-corrected chi connectivity index (χ0v) is 15.5. The fraction of sp³-hybridized carbons (Fsp3) is 0.182. The minimum Gasteiger partial charge on any atom is -0.493 e. The Morgan fingerprint density at radius 2 is 1.82 bits per heavy atom. The van der Waals surface area contributed by atoms with E-state index in [0.717, 1.165) is 22.8 Å². The van der Waals surface area contributed by atoms with Crippen molar-refractivity contribution in [1.29, 1.82) is 0 Å². The number of para-hydroxylation sites is 1. The van der Waals surface area contributed by atoms with Crippen LogP contribution in [0.3, 0.4) is 0 Å². The van der Waals surface area contributed by atoms with Crippen LogP contribution in [0, 0.1) is 5.82 Å². The summed E-state index contributed by atoms with van der Waals surface area (Å²) in [5.74, 6) is -0.296. The van der Waals surface area contributed by atoms with Gasteiger partial charge in [-0.05, 0) is 35.4 Å². The molecule has 1 amide bonds. The van der Waals surface area contributed by atoms with Crippen molar-refractivity contribution in [3.8, 4) is 11.5 Å². The number of hydrazone groups is 1. The van der Waals surface area contributed by atoms with E-state index in [2.05, 4.69) is 10.5 Å². The SMILES string of the molecule is CCCOc1ccc2ccccc2c1/C=N\NC(=O)COc1ccccc1F. The molecular formula is C22H21FN2O3. The van der Waals surface area contributed by atoms with E-state index in [1.54, 1.807) is 18.3 Å². The van der Waals surface area contributed by atoms with E-state index in [1.165, 1.54) is 12.1 Å². The normalized spacial score (nSPS) is 10.9. The lowest BCUT2D eigenvalue weighted by Crippen LogP contribution is -2.24. The summed E-state index contributed by atoms with van der Waals surface area (Å²) in [5, 5.41) is 6.03. The minimum absolute atomic E-state index is 0.0194. The molecule has 0 fully saturated rings. The number of benzene rings is 3. The fourth-order valence-corrected chi connectivity index (χ4v) is 2.65. The molecule has 0 radical (unpaired) electrons. The van der Waals surface area contributed by atoms with Gasteiger partial charge in [-0.25, -0.2) is 9.82 Å². The molecule has 0 heterocycles. The number of hydrogen-bond donors (Lipinski definition) is 1. The van der Waals surface area contributed by atoms with Crippen LogP contribution in [0.1, 0.15) is 18.9 Å². The van der Waals surface area contributed by atoms with Crippen molar-refractivity contribution < 1.29 is 18.7 Å². The van der Waals surface area contributed by atoms with E-state index in [0.29, 0.717) is 12.4 Å². The molecule has 0 saturated heterocycles. The molecule has 6 heteroatoms. The summed E-state index contributed by atoms with van der Waals surface area (Å²) in [6.45, 7) is 2.28. The van der Waals surface area contributed by atoms with Gasteiger partial charge >= 0.3 is 0 Å². The molecule has 28 heavy (non-hydrogen) atoms. The standard InChI is InChI=1S/C22H21FN2O3/c1-2-13-27-20-12-11-16-7-3-4-8-17(16)18(20)14-24-25-22(26)15-28-21-10-6-5-9-19(21)23/h3-12,14H,2,13,15H2,1H3,(H,25,26)/b24-14-. The smallest absolute Gasteiger partial charge is 0.277 e. The Labute approximate surface area is 162 Å². The fourth-order valence-electron chi connectivity index (χ4n) is 2.65. The summed E-state index contributed by atoms with van der Waals surface area (Å²) in [6.07, 6.45) is 2.43. The van der Waals surface area contributed by atoms with Crippen LogP contribution in [0.15, 0.2) is 65.8 Å². The van der Waals surface area contributed by atoms with Gasteiger partial charge in [0.25, 0.3) is 5.91 Å². The summed E-state index contributed by atoms with van der Waals surface area (Å²) < 4.78 is 24.5. The zero-order chi connectivity index (χ0) is 19.8. The molecule has 5 nitrogen and oxygen atoms in total. The Hall–Kier alpha value is -3.41. The van der Waals surface area contributed by atoms with Crippen molar-refractivity contribution in [3.05, 3.63) is 72.0 Å². The maximum absolute atomic E-state index is 13.5. The van der Waals surface area contributed by atoms with Crippen LogP contribution in [0.5, 0.6) is 11.5 Å². The molecule has 0 aliphatic rings. The quantitative estimate of drug-likeness (QED) is 0.468. The van der Waals surface area contributed by atoms with Gasteiger partial charge in [0.15, 0.2) is 18.2 Å². The van der Waals surface area contributed by atoms with E-state index < -0.39 is 11.7 Å². The average molecular weight is 380 g/mol. The van der Waals surface area contributed by atoms with E-state index in [4.69, 9.17) is 9.47 Å². The van der Waals surface area contributed by atoms with Gasteiger partial charge in [0.2, 0.25) is 0 Å². The third kappa shape index (κ3) is 4.85. The first-order valence-corrected chi connectivity index (χ1v) is 9.03. The maximum atomic E-state index is 13.5. The van der Waals surface area contributed by atoms with Gasteiger partial charge in [0.1, 0.15) is 5.75 Å². The van der Waals surface area contributed by atoms with Crippen LogP contribution in [-0.4, -0.2) is 25.3 Å². The van der Waals surface area contributed by atoms with E-state index in [9.17, 15) is 9.18 Å². The third-order valence-corrected chi connectivity index (χ3v) is 3.97. The number of fused-ring (bicyclic) bond motifs is 1. The molecule has 144 valence electrons. The van der Waals surface area contributed by atoms with Crippen molar-refractivity contribution in [2.24, 2.45) is 5.10 Å². The monoisotopic (exact) mass is 380 g/mol. The first kappa shape index (κ1) is 19.4. The second-order valence-corrected chi connectivity index (χ2v) is 6.06. The number of ether oxygens (including phenoxy) is 2. The lowest BCUT2D eigenvalue weighted by molar-refractivity contribution is -0.123. The maximum Gasteiger partial charge on any atom is 0.277 e. The zero-order valence-electron chi connectivity index (χ0n) is 15.5. The number of amides is 1. The number of halogens is 1. The Balaban J connectivity index is 1.69. The molecule has 0 saturated carbocycles. The Bertz CT molecular complexity index is 988. The van der Waals surface area contributed by atoms with Gasteiger partial charge in [-0.1, -0.05) is 49.4 Å². The molecular weight excluding hydrogens is 359 g/mol. The van der Waals surface area contributed by atoms with Crippen molar-refractivity contribution in [2.45, 2.75) is 13.3 Å². The first-order valence-electron chi connectivity index (χ1n) is 9.03. The summed E-state index contributed by atoms with van der Waals surface area (Å²) in [7, 11) is 0. The van der Waals surface area contributed by atoms with Crippen LogP contribution in [0.2, 0.25) is 0 Å². The van der Waals surface area contributed by atoms with Gasteiger partial charge in [0, 0.05) is 5.56 Å². The van der Waals surface area contributed by atoms with E-state index in [-0.39, 0.29) is 12.4 Å². The van der Waals surface area contributed by atoms with Crippen LogP contribution in [0.4, 0.5) is 4.39 Å². The lowest BCUT2D eigenvalue weighted by atomic mass is 10.0. The molecule has 0 aliphatic heterocycles. The van der Waals surface area contributed by atoms with Crippen molar-refractivity contribution in [3.63, 3.8) is 0 Å². The highest BCUT2D eigenvalue weighted by molar-refractivity contribution is 6.02. The number of carbonyl (C=O) groups is 1. The molecule has 3 aromatic rings. The number of hydrogen-bond acceptors (Lipinski definition) is 4. The van der Waals surface area contributed by atoms with Gasteiger partial charge in [-0.15, -0.1) is 0 Å². The molecule has 0 atom stereocenters. The molecule has 1 N–H and O–H groups in total. The lowest BCUT2D eigenvalue weighted by Gasteiger charge is -2.11. The number of nitrogens with one attached hydrogen (secondary N) is 1. The molecule has 0 unspecified atom stereocenters. The predicted molar refractivity (Wildman–Crippen MR) is 107 cm³/mol. The highest BCUT2D eigenvalue weighted by Gasteiger charge is 2.08. The van der Waals surface area contributed by atoms with E-state index >= 15 is 0 Å². The van der Waals surface area contributed by atoms with Crippen LogP contribution >= 0.6 is 0 Å². The highest BCUT2D eigenvalue weighted by atomic mass is 19.1. The molecule has 3 rings (SSSR count). The predicted octanol–water partition coefficient (Wildman–Crippen LogP) is 4.30. The topological polar surface area (TPSA) is 59.9 Å². The van der Waals surface area contributed by atoms with Crippen molar-refractivity contribution in [1.82, 2.24) is 5.43 Å². The second-order valence-electron chi connectivity index (χ2n) is 6.06. The Morgan fingerprint density at radius 1 is 1.04 bits per heavy atom. The summed E-state index contributed by atoms with van der Waals surface area (Å²) in [5.41, 5.74) is 3.18. The van der Waals surface area contributed by atoms with Gasteiger partial charge in [-0.3, -0.25) is 4.79 Å². The minimum atomic E-state index is -0.521. The summed E-state index contributed by atoms with van der Waals surface area (Å²) in [6, 6.07) is 17.6. The Kier molecular flexibility index (Phi) is 6.57. The number of rotatable bonds is 8.